The van der Waals surface area contributed by atoms with Gasteiger partial charge in [0, 0.05) is 29.9 Å². The van der Waals surface area contributed by atoms with Crippen molar-refractivity contribution in [2.24, 2.45) is 0 Å². The summed E-state index contributed by atoms with van der Waals surface area (Å²) in [4.78, 5) is 29.8. The molecule has 1 saturated heterocycles. The number of nitrogens with one attached hydrogen (secondary N) is 2. The van der Waals surface area contributed by atoms with Crippen LogP contribution in [-0.2, 0) is 27.9 Å². The van der Waals surface area contributed by atoms with E-state index in [4.69, 9.17) is 11.6 Å². The fourth-order valence-corrected chi connectivity index (χ4v) is 5.95. The summed E-state index contributed by atoms with van der Waals surface area (Å²) in [5.74, 6) is -0.568. The van der Waals surface area contributed by atoms with Crippen molar-refractivity contribution in [2.45, 2.75) is 50.2 Å². The van der Waals surface area contributed by atoms with E-state index in [1.54, 1.807) is 30.5 Å². The lowest BCUT2D eigenvalue weighted by molar-refractivity contribution is -0.124. The summed E-state index contributed by atoms with van der Waals surface area (Å²) < 4.78 is 28.6. The summed E-state index contributed by atoms with van der Waals surface area (Å²) in [6.45, 7) is 2.74. The van der Waals surface area contributed by atoms with E-state index in [9.17, 15) is 18.0 Å². The second-order valence-electron chi connectivity index (χ2n) is 8.95. The minimum Gasteiger partial charge on any atom is -0.355 e. The van der Waals surface area contributed by atoms with E-state index in [0.29, 0.717) is 35.7 Å². The minimum atomic E-state index is -4.01. The van der Waals surface area contributed by atoms with Gasteiger partial charge in [0.1, 0.15) is 6.04 Å². The van der Waals surface area contributed by atoms with Crippen LogP contribution in [0.25, 0.3) is 0 Å². The summed E-state index contributed by atoms with van der Waals surface area (Å²) >= 11 is 5.96. The Morgan fingerprint density at radius 3 is 2.54 bits per heavy atom. The van der Waals surface area contributed by atoms with Crippen molar-refractivity contribution in [1.29, 1.82) is 0 Å². The number of carbonyl (C=O) groups excluding carboxylic acids is 2. The molecule has 0 unspecified atom stereocenters. The summed E-state index contributed by atoms with van der Waals surface area (Å²) in [5.41, 5.74) is 2.88. The zero-order chi connectivity index (χ0) is 26.4. The number of hydrogen-bond acceptors (Lipinski definition) is 5. The molecule has 0 saturated carbocycles. The summed E-state index contributed by atoms with van der Waals surface area (Å²) in [6, 6.07) is 15.6. The Morgan fingerprint density at radius 1 is 1.11 bits per heavy atom. The predicted octanol–water partition coefficient (Wildman–Crippen LogP) is 3.83. The Labute approximate surface area is 222 Å². The number of aromatic nitrogens is 1. The molecule has 194 valence electrons. The third-order valence-corrected chi connectivity index (χ3v) is 8.48. The molecular weight excluding hydrogens is 512 g/mol. The lowest BCUT2D eigenvalue weighted by atomic mass is 10.1. The molecule has 2 heterocycles. The first-order chi connectivity index (χ1) is 17.8. The van der Waals surface area contributed by atoms with Crippen LogP contribution in [0.3, 0.4) is 0 Å². The van der Waals surface area contributed by atoms with Gasteiger partial charge < -0.3 is 10.6 Å². The van der Waals surface area contributed by atoms with E-state index in [-0.39, 0.29) is 23.3 Å². The van der Waals surface area contributed by atoms with E-state index in [1.807, 2.05) is 19.1 Å². The van der Waals surface area contributed by atoms with Crippen LogP contribution in [-0.4, -0.2) is 42.1 Å². The number of carbonyl (C=O) groups is 2. The SMILES string of the molecule is Cc1cccnc1CNC(=O)c1ccc(CN([C@@H]2CCCCNC2=O)S(=O)(=O)c2ccc(Cl)cc2)cc1. The van der Waals surface area contributed by atoms with Crippen molar-refractivity contribution in [2.75, 3.05) is 6.54 Å². The van der Waals surface area contributed by atoms with E-state index in [2.05, 4.69) is 15.6 Å². The zero-order valence-corrected chi connectivity index (χ0v) is 22.1. The van der Waals surface area contributed by atoms with Crippen molar-refractivity contribution >= 4 is 33.4 Å². The molecule has 1 aliphatic rings. The monoisotopic (exact) mass is 540 g/mol. The van der Waals surface area contributed by atoms with Gasteiger partial charge >= 0.3 is 0 Å². The number of rotatable bonds is 8. The summed E-state index contributed by atoms with van der Waals surface area (Å²) in [7, 11) is -4.01. The molecule has 37 heavy (non-hydrogen) atoms. The van der Waals surface area contributed by atoms with E-state index < -0.39 is 16.1 Å². The lowest BCUT2D eigenvalue weighted by Gasteiger charge is -2.29. The highest BCUT2D eigenvalue weighted by Gasteiger charge is 2.36. The van der Waals surface area contributed by atoms with Gasteiger partial charge in [0.15, 0.2) is 0 Å². The van der Waals surface area contributed by atoms with E-state index in [1.165, 1.54) is 28.6 Å². The highest BCUT2D eigenvalue weighted by molar-refractivity contribution is 7.89. The molecular formula is C27H29ClN4O4S. The average molecular weight is 541 g/mol. The first-order valence-corrected chi connectivity index (χ1v) is 13.9. The Kier molecular flexibility index (Phi) is 8.58. The van der Waals surface area contributed by atoms with Crippen molar-refractivity contribution in [1.82, 2.24) is 19.9 Å². The van der Waals surface area contributed by atoms with Crippen LogP contribution in [0.5, 0.6) is 0 Å². The Morgan fingerprint density at radius 2 is 1.84 bits per heavy atom. The van der Waals surface area contributed by atoms with E-state index in [0.717, 1.165) is 24.1 Å². The van der Waals surface area contributed by atoms with Crippen LogP contribution in [0, 0.1) is 6.92 Å². The van der Waals surface area contributed by atoms with Crippen molar-refractivity contribution in [3.05, 3.63) is 94.3 Å². The molecule has 0 aliphatic carbocycles. The maximum absolute atomic E-state index is 13.7. The molecule has 3 aromatic rings. The third kappa shape index (κ3) is 6.54. The van der Waals surface area contributed by atoms with Gasteiger partial charge in [-0.05, 0) is 79.8 Å². The maximum Gasteiger partial charge on any atom is 0.251 e. The van der Waals surface area contributed by atoms with Crippen LogP contribution in [0.2, 0.25) is 5.02 Å². The quantitative estimate of drug-likeness (QED) is 0.451. The number of pyridine rings is 1. The zero-order valence-electron chi connectivity index (χ0n) is 20.5. The van der Waals surface area contributed by atoms with Crippen LogP contribution < -0.4 is 10.6 Å². The number of amides is 2. The fourth-order valence-electron chi connectivity index (χ4n) is 4.21. The smallest absolute Gasteiger partial charge is 0.251 e. The number of aryl methyl sites for hydroxylation is 1. The topological polar surface area (TPSA) is 108 Å². The molecule has 0 spiro atoms. The lowest BCUT2D eigenvalue weighted by Crippen LogP contribution is -2.48. The van der Waals surface area contributed by atoms with Gasteiger partial charge in [-0.1, -0.05) is 29.8 Å². The second-order valence-corrected chi connectivity index (χ2v) is 11.3. The van der Waals surface area contributed by atoms with Crippen molar-refractivity contribution in [3.63, 3.8) is 0 Å². The van der Waals surface area contributed by atoms with Gasteiger partial charge in [-0.25, -0.2) is 8.42 Å². The molecule has 1 atom stereocenters. The van der Waals surface area contributed by atoms with Crippen LogP contribution in [0.1, 0.15) is 46.4 Å². The largest absolute Gasteiger partial charge is 0.355 e. The van der Waals surface area contributed by atoms with Gasteiger partial charge in [0.25, 0.3) is 5.91 Å². The Bertz CT molecular complexity index is 1360. The Hall–Kier alpha value is -3.27. The second kappa shape index (κ2) is 11.9. The molecule has 10 heteroatoms. The maximum atomic E-state index is 13.7. The average Bonchev–Trinajstić information content (AvgIpc) is 3.11. The highest BCUT2D eigenvalue weighted by atomic mass is 35.5. The number of sulfonamides is 1. The molecule has 0 radical (unpaired) electrons. The minimum absolute atomic E-state index is 0.0158. The third-order valence-electron chi connectivity index (χ3n) is 6.36. The van der Waals surface area contributed by atoms with Crippen molar-refractivity contribution in [3.8, 4) is 0 Å². The number of halogens is 1. The molecule has 4 rings (SSSR count). The molecule has 2 amide bonds. The number of nitrogens with zero attached hydrogens (tertiary/aromatic N) is 2. The molecule has 2 aromatic carbocycles. The summed E-state index contributed by atoms with van der Waals surface area (Å²) in [5, 5.41) is 6.11. The van der Waals surface area contributed by atoms with Crippen molar-refractivity contribution < 1.29 is 18.0 Å². The fraction of sp³-hybridized carbons (Fsp3) is 0.296. The highest BCUT2D eigenvalue weighted by Crippen LogP contribution is 2.26. The molecule has 1 aromatic heterocycles. The van der Waals surface area contributed by atoms with Gasteiger partial charge in [0.05, 0.1) is 17.1 Å². The van der Waals surface area contributed by atoms with E-state index >= 15 is 0 Å². The summed E-state index contributed by atoms with van der Waals surface area (Å²) in [6.07, 6.45) is 3.62. The number of benzene rings is 2. The van der Waals surface area contributed by atoms with Crippen LogP contribution >= 0.6 is 11.6 Å². The molecule has 1 aliphatic heterocycles. The predicted molar refractivity (Wildman–Crippen MR) is 141 cm³/mol. The van der Waals surface area contributed by atoms with Crippen LogP contribution in [0.15, 0.2) is 71.8 Å². The first kappa shape index (κ1) is 26.8. The standard InChI is InChI=1S/C27H29ClN4O4S/c1-19-5-4-16-29-24(19)17-31-26(33)21-9-7-20(8-10-21)18-32(25-6-2-3-15-30-27(25)34)37(35,36)23-13-11-22(28)12-14-23/h4-5,7-14,16,25H,2-3,6,15,17-18H2,1H3,(H,30,34)(H,31,33)/t25-/m1/s1. The van der Waals surface area contributed by atoms with Crippen LogP contribution in [0.4, 0.5) is 0 Å². The normalized spacial score (nSPS) is 16.2. The first-order valence-electron chi connectivity index (χ1n) is 12.1. The molecule has 8 nitrogen and oxygen atoms in total. The molecule has 0 bridgehead atoms. The molecule has 2 N–H and O–H groups in total. The van der Waals surface area contributed by atoms with Gasteiger partial charge in [0.2, 0.25) is 15.9 Å². The Balaban J connectivity index is 1.54. The van der Waals surface area contributed by atoms with Gasteiger partial charge in [-0.15, -0.1) is 0 Å². The number of hydrogen-bond donors (Lipinski definition) is 2. The molecule has 1 fully saturated rings. The van der Waals surface area contributed by atoms with Gasteiger partial charge in [-0.2, -0.15) is 4.31 Å². The van der Waals surface area contributed by atoms with Gasteiger partial charge in [-0.3, -0.25) is 14.6 Å².